The van der Waals surface area contributed by atoms with Gasteiger partial charge in [0.1, 0.15) is 12.2 Å². The quantitative estimate of drug-likeness (QED) is 0.737. The van der Waals surface area contributed by atoms with Gasteiger partial charge in [0.05, 0.1) is 17.7 Å². The van der Waals surface area contributed by atoms with Crippen LogP contribution < -0.4 is 5.73 Å². The molecule has 0 aliphatic heterocycles. The highest BCUT2D eigenvalue weighted by atomic mass is 15.3. The van der Waals surface area contributed by atoms with Gasteiger partial charge in [-0.15, -0.1) is 0 Å². The van der Waals surface area contributed by atoms with E-state index in [0.29, 0.717) is 6.54 Å². The van der Waals surface area contributed by atoms with Crippen molar-refractivity contribution in [1.82, 2.24) is 19.7 Å². The minimum absolute atomic E-state index is 0.360. The third-order valence-electron chi connectivity index (χ3n) is 2.96. The summed E-state index contributed by atoms with van der Waals surface area (Å²) in [6, 6.07) is 8.07. The number of aryl methyl sites for hydroxylation is 1. The van der Waals surface area contributed by atoms with Crippen LogP contribution in [-0.4, -0.2) is 19.7 Å². The van der Waals surface area contributed by atoms with Gasteiger partial charge in [0.2, 0.25) is 0 Å². The van der Waals surface area contributed by atoms with Gasteiger partial charge in [-0.2, -0.15) is 5.10 Å². The second kappa shape index (κ2) is 4.19. The Balaban J connectivity index is 2.25. The summed E-state index contributed by atoms with van der Waals surface area (Å²) in [6.07, 6.45) is 3.30. The fourth-order valence-electron chi connectivity index (χ4n) is 2.09. The molecular formula is C13H13N5. The van der Waals surface area contributed by atoms with Gasteiger partial charge in [-0.3, -0.25) is 4.98 Å². The highest BCUT2D eigenvalue weighted by Crippen LogP contribution is 2.21. The first-order valence-electron chi connectivity index (χ1n) is 5.74. The van der Waals surface area contributed by atoms with E-state index in [1.54, 1.807) is 10.9 Å². The largest absolute Gasteiger partial charge is 0.324 e. The first-order chi connectivity index (χ1) is 8.79. The van der Waals surface area contributed by atoms with Crippen LogP contribution in [0.25, 0.3) is 16.6 Å². The summed E-state index contributed by atoms with van der Waals surface area (Å²) in [4.78, 5) is 8.50. The van der Waals surface area contributed by atoms with E-state index < -0.39 is 0 Å². The molecule has 5 heteroatoms. The monoisotopic (exact) mass is 239 g/mol. The van der Waals surface area contributed by atoms with Crippen LogP contribution in [0.4, 0.5) is 0 Å². The lowest BCUT2D eigenvalue weighted by Crippen LogP contribution is -2.08. The van der Waals surface area contributed by atoms with Crippen LogP contribution in [-0.2, 0) is 6.54 Å². The molecule has 5 nitrogen and oxygen atoms in total. The normalized spacial score (nSPS) is 11.0. The van der Waals surface area contributed by atoms with Crippen LogP contribution in [0.2, 0.25) is 0 Å². The average Bonchev–Trinajstić information content (AvgIpc) is 2.87. The van der Waals surface area contributed by atoms with Crippen LogP contribution in [0.3, 0.4) is 0 Å². The number of aromatic nitrogens is 4. The fourth-order valence-corrected chi connectivity index (χ4v) is 2.09. The molecular weight excluding hydrogens is 226 g/mol. The summed E-state index contributed by atoms with van der Waals surface area (Å²) in [5.74, 6) is 0.740. The highest BCUT2D eigenvalue weighted by molar-refractivity contribution is 5.83. The Labute approximate surface area is 104 Å². The Hall–Kier alpha value is -2.27. The Bertz CT molecular complexity index is 701. The van der Waals surface area contributed by atoms with Crippen molar-refractivity contribution >= 4 is 10.9 Å². The lowest BCUT2D eigenvalue weighted by atomic mass is 10.1. The van der Waals surface area contributed by atoms with Crippen LogP contribution in [0, 0.1) is 6.92 Å². The highest BCUT2D eigenvalue weighted by Gasteiger charge is 2.07. The fraction of sp³-hybridized carbons (Fsp3) is 0.154. The van der Waals surface area contributed by atoms with Crippen LogP contribution in [0.1, 0.15) is 11.4 Å². The van der Waals surface area contributed by atoms with Crippen LogP contribution in [0.15, 0.2) is 36.8 Å². The van der Waals surface area contributed by atoms with Gasteiger partial charge in [0.15, 0.2) is 0 Å². The molecule has 0 aliphatic carbocycles. The number of nitrogens with zero attached hydrogens (tertiary/aromatic N) is 4. The molecule has 18 heavy (non-hydrogen) atoms. The molecule has 0 unspecified atom stereocenters. The molecule has 0 atom stereocenters. The lowest BCUT2D eigenvalue weighted by Gasteiger charge is -2.08. The molecule has 3 rings (SSSR count). The van der Waals surface area contributed by atoms with Gasteiger partial charge < -0.3 is 5.73 Å². The van der Waals surface area contributed by atoms with E-state index >= 15 is 0 Å². The molecule has 2 N–H and O–H groups in total. The first kappa shape index (κ1) is 10.9. The maximum atomic E-state index is 5.64. The van der Waals surface area contributed by atoms with Crippen molar-refractivity contribution in [3.8, 4) is 5.69 Å². The number of pyridine rings is 1. The zero-order valence-corrected chi connectivity index (χ0v) is 10.0. The summed E-state index contributed by atoms with van der Waals surface area (Å²) in [7, 11) is 0. The standard InChI is InChI=1S/C13H13N5/c1-9-5-10(18-13(7-14)16-8-17-18)6-12-11(9)3-2-4-15-12/h2-6,8H,7,14H2,1H3. The Morgan fingerprint density at radius 3 is 3.00 bits per heavy atom. The van der Waals surface area contributed by atoms with Crippen molar-refractivity contribution in [2.45, 2.75) is 13.5 Å². The third kappa shape index (κ3) is 1.65. The van der Waals surface area contributed by atoms with Crippen molar-refractivity contribution in [2.24, 2.45) is 5.73 Å². The van der Waals surface area contributed by atoms with Crippen molar-refractivity contribution in [3.05, 3.63) is 48.2 Å². The Kier molecular flexibility index (Phi) is 2.53. The molecule has 3 aromatic rings. The molecule has 1 aromatic carbocycles. The van der Waals surface area contributed by atoms with E-state index in [0.717, 1.165) is 28.0 Å². The zero-order valence-electron chi connectivity index (χ0n) is 10.0. The molecule has 90 valence electrons. The zero-order chi connectivity index (χ0) is 12.5. The summed E-state index contributed by atoms with van der Waals surface area (Å²) >= 11 is 0. The number of benzene rings is 1. The summed E-state index contributed by atoms with van der Waals surface area (Å²) < 4.78 is 1.75. The van der Waals surface area contributed by atoms with Crippen molar-refractivity contribution < 1.29 is 0 Å². The van der Waals surface area contributed by atoms with Crippen LogP contribution >= 0.6 is 0 Å². The van der Waals surface area contributed by atoms with E-state index in [1.807, 2.05) is 12.1 Å². The molecule has 0 fully saturated rings. The molecule has 0 aliphatic rings. The van der Waals surface area contributed by atoms with Crippen LogP contribution in [0.5, 0.6) is 0 Å². The van der Waals surface area contributed by atoms with Crippen molar-refractivity contribution in [3.63, 3.8) is 0 Å². The number of fused-ring (bicyclic) bond motifs is 1. The van der Waals surface area contributed by atoms with Crippen molar-refractivity contribution in [1.29, 1.82) is 0 Å². The average molecular weight is 239 g/mol. The maximum Gasteiger partial charge on any atom is 0.145 e. The SMILES string of the molecule is Cc1cc(-n2ncnc2CN)cc2ncccc12. The minimum Gasteiger partial charge on any atom is -0.324 e. The van der Waals surface area contributed by atoms with Crippen molar-refractivity contribution in [2.75, 3.05) is 0 Å². The smallest absolute Gasteiger partial charge is 0.145 e. The number of nitrogens with two attached hydrogens (primary N) is 1. The molecule has 0 saturated heterocycles. The van der Waals surface area contributed by atoms with Gasteiger partial charge in [-0.25, -0.2) is 9.67 Å². The first-order valence-corrected chi connectivity index (χ1v) is 5.74. The van der Waals surface area contributed by atoms with E-state index in [-0.39, 0.29) is 0 Å². The molecule has 0 spiro atoms. The molecule has 2 heterocycles. The van der Waals surface area contributed by atoms with Gasteiger partial charge in [0, 0.05) is 11.6 Å². The lowest BCUT2D eigenvalue weighted by molar-refractivity contribution is 0.790. The molecule has 0 amide bonds. The van der Waals surface area contributed by atoms with E-state index in [1.165, 1.54) is 6.33 Å². The number of hydrogen-bond acceptors (Lipinski definition) is 4. The van der Waals surface area contributed by atoms with E-state index in [4.69, 9.17) is 5.73 Å². The maximum absolute atomic E-state index is 5.64. The second-order valence-corrected chi connectivity index (χ2v) is 4.12. The number of hydrogen-bond donors (Lipinski definition) is 1. The van der Waals surface area contributed by atoms with E-state index in [9.17, 15) is 0 Å². The summed E-state index contributed by atoms with van der Waals surface area (Å²) in [6.45, 7) is 2.42. The Morgan fingerprint density at radius 2 is 2.17 bits per heavy atom. The van der Waals surface area contributed by atoms with Gasteiger partial charge in [0.25, 0.3) is 0 Å². The third-order valence-corrected chi connectivity index (χ3v) is 2.96. The van der Waals surface area contributed by atoms with Gasteiger partial charge >= 0.3 is 0 Å². The van der Waals surface area contributed by atoms with Gasteiger partial charge in [-0.1, -0.05) is 6.07 Å². The molecule has 0 saturated carbocycles. The second-order valence-electron chi connectivity index (χ2n) is 4.12. The molecule has 2 aromatic heterocycles. The molecule has 0 bridgehead atoms. The van der Waals surface area contributed by atoms with E-state index in [2.05, 4.69) is 34.1 Å². The molecule has 0 radical (unpaired) electrons. The van der Waals surface area contributed by atoms with Gasteiger partial charge in [-0.05, 0) is 30.7 Å². The topological polar surface area (TPSA) is 69.6 Å². The number of rotatable bonds is 2. The predicted molar refractivity (Wildman–Crippen MR) is 69.3 cm³/mol. The summed E-state index contributed by atoms with van der Waals surface area (Å²) in [5, 5.41) is 5.35. The summed E-state index contributed by atoms with van der Waals surface area (Å²) in [5.41, 5.74) is 8.70. The Morgan fingerprint density at radius 1 is 1.28 bits per heavy atom. The predicted octanol–water partition coefficient (Wildman–Crippen LogP) is 1.58. The minimum atomic E-state index is 0.360.